The third kappa shape index (κ3) is 8.52. The van der Waals surface area contributed by atoms with E-state index in [-0.39, 0.29) is 24.1 Å². The van der Waals surface area contributed by atoms with Crippen molar-refractivity contribution in [1.29, 1.82) is 0 Å². The lowest BCUT2D eigenvalue weighted by atomic mass is 9.84. The number of hydrogen-bond donors (Lipinski definition) is 3. The molecular formula is C33H36F3N5O3. The highest BCUT2D eigenvalue weighted by molar-refractivity contribution is 5.98. The van der Waals surface area contributed by atoms with Crippen LogP contribution in [0.2, 0.25) is 0 Å². The summed E-state index contributed by atoms with van der Waals surface area (Å²) in [5.74, 6) is -0.529. The Hall–Kier alpha value is -4.54. The number of benzene rings is 3. The second-order valence-corrected chi connectivity index (χ2v) is 11.1. The average Bonchev–Trinajstić information content (AvgIpc) is 3.42. The molecule has 1 atom stereocenters. The molecule has 11 heteroatoms. The maximum Gasteiger partial charge on any atom is 0.573 e. The van der Waals surface area contributed by atoms with Crippen LogP contribution in [0.3, 0.4) is 0 Å². The van der Waals surface area contributed by atoms with Crippen molar-refractivity contribution in [3.05, 3.63) is 90.3 Å². The van der Waals surface area contributed by atoms with Gasteiger partial charge in [0.25, 0.3) is 5.91 Å². The maximum atomic E-state index is 13.6. The molecule has 0 saturated heterocycles. The largest absolute Gasteiger partial charge is 0.573 e. The molecule has 1 saturated carbocycles. The monoisotopic (exact) mass is 607 g/mol. The predicted molar refractivity (Wildman–Crippen MR) is 162 cm³/mol. The number of alkyl halides is 3. The van der Waals surface area contributed by atoms with E-state index in [1.807, 2.05) is 47.0 Å². The highest BCUT2D eigenvalue weighted by atomic mass is 19.4. The molecule has 1 aliphatic carbocycles. The van der Waals surface area contributed by atoms with Gasteiger partial charge in [0.15, 0.2) is 0 Å². The second kappa shape index (κ2) is 14.3. The molecule has 1 unspecified atom stereocenters. The van der Waals surface area contributed by atoms with Gasteiger partial charge in [0.1, 0.15) is 11.8 Å². The average molecular weight is 608 g/mol. The minimum absolute atomic E-state index is 0.265. The molecule has 0 radical (unpaired) electrons. The van der Waals surface area contributed by atoms with Crippen LogP contribution < -0.4 is 20.7 Å². The van der Waals surface area contributed by atoms with E-state index >= 15 is 0 Å². The summed E-state index contributed by atoms with van der Waals surface area (Å²) in [4.78, 5) is 31.5. The fourth-order valence-electron chi connectivity index (χ4n) is 5.71. The van der Waals surface area contributed by atoms with E-state index < -0.39 is 12.4 Å². The topological polar surface area (TPSA) is 97.3 Å². The first-order valence-electron chi connectivity index (χ1n) is 14.9. The number of ether oxygens (including phenoxy) is 1. The Balaban J connectivity index is 1.21. The van der Waals surface area contributed by atoms with Gasteiger partial charge >= 0.3 is 6.36 Å². The normalized spacial score (nSPS) is 14.6. The van der Waals surface area contributed by atoms with Crippen molar-refractivity contribution in [2.75, 3.05) is 18.4 Å². The van der Waals surface area contributed by atoms with Crippen molar-refractivity contribution in [3.63, 3.8) is 0 Å². The molecule has 1 aromatic heterocycles. The van der Waals surface area contributed by atoms with Crippen LogP contribution in [0.25, 0.3) is 11.0 Å². The summed E-state index contributed by atoms with van der Waals surface area (Å²) in [5, 5.41) is 9.00. The molecule has 2 amide bonds. The number of anilines is 1. The second-order valence-electron chi connectivity index (χ2n) is 11.1. The first kappa shape index (κ1) is 30.9. The van der Waals surface area contributed by atoms with E-state index in [9.17, 15) is 22.8 Å². The number of nitrogens with zero attached hydrogens (tertiary/aromatic N) is 2. The number of nitrogens with one attached hydrogen (secondary N) is 3. The fourth-order valence-corrected chi connectivity index (χ4v) is 5.71. The molecule has 3 N–H and O–H groups in total. The van der Waals surface area contributed by atoms with Gasteiger partial charge in [-0.1, -0.05) is 62.4 Å². The number of carbonyl (C=O) groups excluding carboxylic acids is 2. The van der Waals surface area contributed by atoms with Gasteiger partial charge in [-0.05, 0) is 60.4 Å². The van der Waals surface area contributed by atoms with Gasteiger partial charge in [0.05, 0.1) is 17.4 Å². The Morgan fingerprint density at radius 2 is 1.66 bits per heavy atom. The van der Waals surface area contributed by atoms with Crippen LogP contribution in [0.1, 0.15) is 54.4 Å². The quantitative estimate of drug-likeness (QED) is 0.165. The van der Waals surface area contributed by atoms with Gasteiger partial charge in [-0.3, -0.25) is 9.59 Å². The van der Waals surface area contributed by atoms with Crippen LogP contribution in [-0.4, -0.2) is 46.9 Å². The third-order valence-electron chi connectivity index (χ3n) is 7.89. The van der Waals surface area contributed by atoms with Gasteiger partial charge in [-0.25, -0.2) is 4.98 Å². The summed E-state index contributed by atoms with van der Waals surface area (Å²) >= 11 is 0. The summed E-state index contributed by atoms with van der Waals surface area (Å²) in [6.07, 6.45) is 3.04. The molecule has 0 bridgehead atoms. The molecule has 8 nitrogen and oxygen atoms in total. The molecule has 1 fully saturated rings. The molecule has 232 valence electrons. The van der Waals surface area contributed by atoms with E-state index in [1.54, 1.807) is 12.4 Å². The van der Waals surface area contributed by atoms with Crippen LogP contribution in [0, 0.1) is 5.92 Å². The van der Waals surface area contributed by atoms with E-state index in [1.165, 1.54) is 30.7 Å². The van der Waals surface area contributed by atoms with Gasteiger partial charge in [-0.2, -0.15) is 0 Å². The number of imidazole rings is 1. The Morgan fingerprint density at radius 1 is 0.932 bits per heavy atom. The van der Waals surface area contributed by atoms with E-state index in [2.05, 4.69) is 25.7 Å². The molecule has 1 heterocycles. The number of hydrogen-bond acceptors (Lipinski definition) is 5. The number of rotatable bonds is 12. The summed E-state index contributed by atoms with van der Waals surface area (Å²) in [7, 11) is 0. The van der Waals surface area contributed by atoms with Crippen molar-refractivity contribution in [1.82, 2.24) is 20.2 Å². The van der Waals surface area contributed by atoms with Crippen LogP contribution >= 0.6 is 0 Å². The minimum atomic E-state index is -4.75. The SMILES string of the molecule is O=C(NC(CC1CCCCC1)C(=O)NCCNc1ccc(OC(F)(F)F)cc1)c1ccccc1Cn1cnc2ccccc21. The highest BCUT2D eigenvalue weighted by Crippen LogP contribution is 2.28. The van der Waals surface area contributed by atoms with Crippen molar-refractivity contribution in [2.45, 2.75) is 57.5 Å². The Labute approximate surface area is 254 Å². The van der Waals surface area contributed by atoms with Crippen LogP contribution in [0.5, 0.6) is 5.75 Å². The van der Waals surface area contributed by atoms with Crippen LogP contribution in [0.4, 0.5) is 18.9 Å². The Bertz CT molecular complexity index is 1550. The maximum absolute atomic E-state index is 13.6. The zero-order chi connectivity index (χ0) is 30.9. The molecule has 0 aliphatic heterocycles. The number of para-hydroxylation sites is 2. The Morgan fingerprint density at radius 3 is 2.43 bits per heavy atom. The molecule has 4 aromatic rings. The van der Waals surface area contributed by atoms with Crippen molar-refractivity contribution in [2.24, 2.45) is 5.92 Å². The van der Waals surface area contributed by atoms with E-state index in [4.69, 9.17) is 0 Å². The van der Waals surface area contributed by atoms with Gasteiger partial charge in [0.2, 0.25) is 5.91 Å². The number of amides is 2. The smallest absolute Gasteiger partial charge is 0.406 e. The van der Waals surface area contributed by atoms with Gasteiger partial charge < -0.3 is 25.3 Å². The third-order valence-corrected chi connectivity index (χ3v) is 7.89. The number of halogens is 3. The summed E-state index contributed by atoms with van der Waals surface area (Å²) < 4.78 is 43.1. The van der Waals surface area contributed by atoms with E-state index in [0.717, 1.165) is 42.3 Å². The molecular weight excluding hydrogens is 571 g/mol. The standard InChI is InChI=1S/C33H36F3N5O3/c34-33(35,36)44-26-16-14-25(15-17-26)37-18-19-38-32(43)29(20-23-8-2-1-3-9-23)40-31(42)27-11-5-4-10-24(27)21-41-22-39-28-12-6-7-13-30(28)41/h4-7,10-17,22-23,29,37H,1-3,8-9,18-21H2,(H,38,43)(H,40,42). The lowest BCUT2D eigenvalue weighted by molar-refractivity contribution is -0.274. The van der Waals surface area contributed by atoms with Gasteiger partial charge in [0, 0.05) is 30.9 Å². The predicted octanol–water partition coefficient (Wildman–Crippen LogP) is 6.28. The number of aromatic nitrogens is 2. The van der Waals surface area contributed by atoms with Crippen LogP contribution in [0.15, 0.2) is 79.1 Å². The molecule has 44 heavy (non-hydrogen) atoms. The molecule has 5 rings (SSSR count). The minimum Gasteiger partial charge on any atom is -0.406 e. The van der Waals surface area contributed by atoms with Crippen LogP contribution in [-0.2, 0) is 11.3 Å². The lowest BCUT2D eigenvalue weighted by Crippen LogP contribution is -2.48. The highest BCUT2D eigenvalue weighted by Gasteiger charge is 2.31. The first-order valence-corrected chi connectivity index (χ1v) is 14.9. The summed E-state index contributed by atoms with van der Waals surface area (Å²) in [6.45, 7) is 1.07. The summed E-state index contributed by atoms with van der Waals surface area (Å²) in [6, 6.07) is 19.9. The van der Waals surface area contributed by atoms with Gasteiger partial charge in [-0.15, -0.1) is 13.2 Å². The van der Waals surface area contributed by atoms with Crippen molar-refractivity contribution >= 4 is 28.5 Å². The lowest BCUT2D eigenvalue weighted by Gasteiger charge is -2.27. The van der Waals surface area contributed by atoms with E-state index in [0.29, 0.717) is 36.7 Å². The number of fused-ring (bicyclic) bond motifs is 1. The van der Waals surface area contributed by atoms with Crippen molar-refractivity contribution in [3.8, 4) is 5.75 Å². The summed E-state index contributed by atoms with van der Waals surface area (Å²) in [5.41, 5.74) is 3.76. The Kier molecular flexibility index (Phi) is 10.0. The molecule has 0 spiro atoms. The zero-order valence-electron chi connectivity index (χ0n) is 24.3. The van der Waals surface area contributed by atoms with Crippen molar-refractivity contribution < 1.29 is 27.5 Å². The first-order chi connectivity index (χ1) is 21.2. The molecule has 3 aromatic carbocycles. The fraction of sp³-hybridized carbons (Fsp3) is 0.364. The molecule has 1 aliphatic rings. The number of carbonyl (C=O) groups is 2. The zero-order valence-corrected chi connectivity index (χ0v) is 24.3.